The van der Waals surface area contributed by atoms with Gasteiger partial charge in [0.15, 0.2) is 5.84 Å². The largest absolute Gasteiger partial charge is 0.409 e. The van der Waals surface area contributed by atoms with Crippen LogP contribution in [0.25, 0.3) is 11.5 Å². The lowest BCUT2D eigenvalue weighted by Crippen LogP contribution is -2.18. The quantitative estimate of drug-likeness (QED) is 0.0958. The predicted octanol–water partition coefficient (Wildman–Crippen LogP) is -0.911. The number of aryl methyl sites for hydroxylation is 1. The highest BCUT2D eigenvalue weighted by Gasteiger charge is 2.06. The number of oxime groups is 1. The first-order valence-electron chi connectivity index (χ1n) is 8.21. The summed E-state index contributed by atoms with van der Waals surface area (Å²) < 4.78 is 8.73. The van der Waals surface area contributed by atoms with E-state index >= 15 is 0 Å². The van der Waals surface area contributed by atoms with Crippen molar-refractivity contribution in [3.8, 4) is 11.5 Å². The Balaban J connectivity index is 0.000000245. The smallest absolute Gasteiger partial charge is 0.310 e. The molecular formula is C16H18N8O7. The van der Waals surface area contributed by atoms with Gasteiger partial charge in [0.2, 0.25) is 11.7 Å². The lowest BCUT2D eigenvalue weighted by atomic mass is 10.4. The lowest BCUT2D eigenvalue weighted by Gasteiger charge is -1.92. The molecule has 15 heteroatoms. The second-order valence-electron chi connectivity index (χ2n) is 5.32. The number of hydrogen-bond acceptors (Lipinski definition) is 12. The van der Waals surface area contributed by atoms with Crippen LogP contribution in [-0.2, 0) is 14.3 Å². The van der Waals surface area contributed by atoms with Crippen molar-refractivity contribution < 1.29 is 24.1 Å². The molecule has 0 aromatic carbocycles. The second kappa shape index (κ2) is 12.0. The van der Waals surface area contributed by atoms with Crippen LogP contribution >= 0.6 is 0 Å². The Morgan fingerprint density at radius 1 is 1.06 bits per heavy atom. The highest BCUT2D eigenvalue weighted by Crippen LogP contribution is 2.08. The molecule has 164 valence electrons. The van der Waals surface area contributed by atoms with Gasteiger partial charge < -0.3 is 20.2 Å². The zero-order valence-corrected chi connectivity index (χ0v) is 16.5. The summed E-state index contributed by atoms with van der Waals surface area (Å²) in [7, 11) is 0. The minimum absolute atomic E-state index is 0.138. The van der Waals surface area contributed by atoms with Crippen molar-refractivity contribution in [1.29, 1.82) is 0 Å². The number of esters is 2. The molecule has 0 spiro atoms. The van der Waals surface area contributed by atoms with Crippen LogP contribution in [0.1, 0.15) is 25.4 Å². The maximum absolute atomic E-state index is 10.7. The van der Waals surface area contributed by atoms with Crippen LogP contribution in [0.2, 0.25) is 0 Å². The Morgan fingerprint density at radius 3 is 2.00 bits per heavy atom. The fourth-order valence-electron chi connectivity index (χ4n) is 1.61. The first-order chi connectivity index (χ1) is 14.6. The maximum atomic E-state index is 10.7. The topological polar surface area (TPSA) is 232 Å². The van der Waals surface area contributed by atoms with Gasteiger partial charge in [0, 0.05) is 32.9 Å². The molecular weight excluding hydrogens is 416 g/mol. The number of nitrogens with one attached hydrogen (secondary N) is 2. The third kappa shape index (κ3) is 9.37. The van der Waals surface area contributed by atoms with Crippen molar-refractivity contribution in [1.82, 2.24) is 30.5 Å². The Hall–Kier alpha value is -4.69. The summed E-state index contributed by atoms with van der Waals surface area (Å²) in [6.07, 6.45) is 0. The van der Waals surface area contributed by atoms with Crippen molar-refractivity contribution in [3.05, 3.63) is 56.6 Å². The molecule has 0 aliphatic rings. The normalized spacial score (nSPS) is 10.1. The van der Waals surface area contributed by atoms with E-state index in [0.717, 1.165) is 0 Å². The Morgan fingerprint density at radius 2 is 1.65 bits per heavy atom. The van der Waals surface area contributed by atoms with Gasteiger partial charge >= 0.3 is 11.9 Å². The van der Waals surface area contributed by atoms with Crippen LogP contribution in [0.4, 0.5) is 0 Å². The van der Waals surface area contributed by atoms with Gasteiger partial charge in [-0.15, -0.1) is 0 Å². The SMILES string of the molecule is CC(=O)OC(C)=O.Cc1nc(-c2ccc(=O)[nH]n2)no1.N/C(=N\O)c1ccc(=O)[nH]n1. The number of carbonyl (C=O) groups is 2. The third-order valence-electron chi connectivity index (χ3n) is 2.77. The molecule has 3 aromatic rings. The van der Waals surface area contributed by atoms with Crippen LogP contribution in [0, 0.1) is 6.92 Å². The summed E-state index contributed by atoms with van der Waals surface area (Å²) in [5.41, 5.74) is 5.28. The molecule has 0 aliphatic heterocycles. The first-order valence-corrected chi connectivity index (χ1v) is 8.21. The van der Waals surface area contributed by atoms with E-state index in [-0.39, 0.29) is 22.6 Å². The van der Waals surface area contributed by atoms with Gasteiger partial charge in [0.05, 0.1) is 0 Å². The number of H-pyrrole nitrogens is 2. The summed E-state index contributed by atoms with van der Waals surface area (Å²) in [6.45, 7) is 4.05. The maximum Gasteiger partial charge on any atom is 0.310 e. The third-order valence-corrected chi connectivity index (χ3v) is 2.77. The molecule has 3 aromatic heterocycles. The summed E-state index contributed by atoms with van der Waals surface area (Å²) in [5, 5.41) is 26.2. The molecule has 0 bridgehead atoms. The molecule has 0 radical (unpaired) electrons. The number of nitrogens with two attached hydrogens (primary N) is 1. The molecule has 0 saturated heterocycles. The minimum atomic E-state index is -0.562. The summed E-state index contributed by atoms with van der Waals surface area (Å²) in [6, 6.07) is 5.48. The average molecular weight is 434 g/mol. The molecule has 3 rings (SSSR count). The molecule has 0 aliphatic carbocycles. The van der Waals surface area contributed by atoms with Crippen molar-refractivity contribution in [2.75, 3.05) is 0 Å². The molecule has 31 heavy (non-hydrogen) atoms. The number of rotatable bonds is 2. The van der Waals surface area contributed by atoms with E-state index in [9.17, 15) is 19.2 Å². The molecule has 15 nitrogen and oxygen atoms in total. The summed E-state index contributed by atoms with van der Waals surface area (Å²) >= 11 is 0. The fraction of sp³-hybridized carbons (Fsp3) is 0.188. The van der Waals surface area contributed by atoms with Crippen molar-refractivity contribution in [2.24, 2.45) is 10.9 Å². The first kappa shape index (κ1) is 24.3. The van der Waals surface area contributed by atoms with Gasteiger partial charge in [-0.25, -0.2) is 10.2 Å². The number of aromatic nitrogens is 6. The van der Waals surface area contributed by atoms with E-state index in [0.29, 0.717) is 17.4 Å². The monoisotopic (exact) mass is 434 g/mol. The number of carbonyl (C=O) groups excluding carboxylic acids is 2. The van der Waals surface area contributed by atoms with Crippen LogP contribution in [0.3, 0.4) is 0 Å². The molecule has 0 amide bonds. The minimum Gasteiger partial charge on any atom is -0.409 e. The lowest BCUT2D eigenvalue weighted by molar-refractivity contribution is -0.156. The van der Waals surface area contributed by atoms with Crippen LogP contribution in [0.15, 0.2) is 43.5 Å². The molecule has 0 fully saturated rings. The van der Waals surface area contributed by atoms with E-state index in [1.165, 1.54) is 38.1 Å². The molecule has 0 atom stereocenters. The standard InChI is InChI=1S/C7H6N4O2.C5H6N4O2.C4H6O3/c1-4-8-7(11-13-4)5-2-3-6(12)10-9-5;6-5(9-11)3-1-2-4(10)8-7-3;1-3(5)7-4(2)6/h2-3H,1H3,(H,10,12);1-2,11H,(H2,6,9)(H,8,10);1-2H3. The summed E-state index contributed by atoms with van der Waals surface area (Å²) in [5.74, 6) is -0.432. The van der Waals surface area contributed by atoms with E-state index in [1.807, 2.05) is 0 Å². The van der Waals surface area contributed by atoms with E-state index < -0.39 is 11.9 Å². The van der Waals surface area contributed by atoms with Crippen molar-refractivity contribution in [2.45, 2.75) is 20.8 Å². The Bertz CT molecular complexity index is 1110. The zero-order chi connectivity index (χ0) is 23.4. The van der Waals surface area contributed by atoms with Gasteiger partial charge in [-0.05, 0) is 12.1 Å². The van der Waals surface area contributed by atoms with E-state index in [1.54, 1.807) is 6.92 Å². The van der Waals surface area contributed by atoms with E-state index in [4.69, 9.17) is 15.5 Å². The molecule has 0 saturated carbocycles. The van der Waals surface area contributed by atoms with Gasteiger partial charge in [-0.1, -0.05) is 10.3 Å². The second-order valence-corrected chi connectivity index (χ2v) is 5.32. The summed E-state index contributed by atoms with van der Waals surface area (Å²) in [4.78, 5) is 44.7. The number of amidine groups is 1. The van der Waals surface area contributed by atoms with Gasteiger partial charge in [0.25, 0.3) is 11.1 Å². The highest BCUT2D eigenvalue weighted by molar-refractivity contribution is 5.94. The van der Waals surface area contributed by atoms with Crippen molar-refractivity contribution >= 4 is 17.8 Å². The highest BCUT2D eigenvalue weighted by atomic mass is 16.6. The van der Waals surface area contributed by atoms with Crippen molar-refractivity contribution in [3.63, 3.8) is 0 Å². The molecule has 5 N–H and O–H groups in total. The fourth-order valence-corrected chi connectivity index (χ4v) is 1.61. The Labute approximate surface area is 172 Å². The van der Waals surface area contributed by atoms with Gasteiger partial charge in [-0.3, -0.25) is 19.2 Å². The number of nitrogens with zero attached hydrogens (tertiary/aromatic N) is 5. The van der Waals surface area contributed by atoms with Crippen LogP contribution in [-0.4, -0.2) is 53.5 Å². The molecule has 3 heterocycles. The zero-order valence-electron chi connectivity index (χ0n) is 16.5. The van der Waals surface area contributed by atoms with Crippen LogP contribution in [0.5, 0.6) is 0 Å². The van der Waals surface area contributed by atoms with Crippen LogP contribution < -0.4 is 16.9 Å². The van der Waals surface area contributed by atoms with Gasteiger partial charge in [-0.2, -0.15) is 15.2 Å². The van der Waals surface area contributed by atoms with Gasteiger partial charge in [0.1, 0.15) is 11.4 Å². The average Bonchev–Trinajstić information content (AvgIpc) is 3.15. The number of aromatic amines is 2. The number of ether oxygens (including phenoxy) is 1. The number of hydrogen-bond donors (Lipinski definition) is 4. The van der Waals surface area contributed by atoms with E-state index in [2.05, 4.69) is 40.4 Å². The predicted molar refractivity (Wildman–Crippen MR) is 103 cm³/mol. The Kier molecular flexibility index (Phi) is 9.42. The molecule has 0 unspecified atom stereocenters.